The van der Waals surface area contributed by atoms with Crippen LogP contribution in [0.3, 0.4) is 0 Å². The van der Waals surface area contributed by atoms with E-state index in [-0.39, 0.29) is 57.6 Å². The summed E-state index contributed by atoms with van der Waals surface area (Å²) in [5.74, 6) is -2.15. The number of carbonyl (C=O) groups excluding carboxylic acids is 2. The summed E-state index contributed by atoms with van der Waals surface area (Å²) >= 11 is 5.59. The zero-order valence-corrected chi connectivity index (χ0v) is 37.5. The molecule has 28 heteroatoms. The van der Waals surface area contributed by atoms with Crippen molar-refractivity contribution < 1.29 is 94.1 Å². The van der Waals surface area contributed by atoms with Gasteiger partial charge in [-0.15, -0.1) is 0 Å². The smallest absolute Gasteiger partial charge is 0.430 e. The predicted molar refractivity (Wildman–Crippen MR) is 219 cm³/mol. The number of nitrogens with zero attached hydrogens (tertiary/aromatic N) is 2. The van der Waals surface area contributed by atoms with Crippen molar-refractivity contribution in [2.75, 3.05) is 29.2 Å². The molecule has 0 atom stereocenters. The van der Waals surface area contributed by atoms with E-state index in [1.165, 1.54) is 36.7 Å². The molecule has 0 radical (unpaired) electrons. The third-order valence-corrected chi connectivity index (χ3v) is 14.3. The molecular weight excluding hydrogens is 1020 g/mol. The Hall–Kier alpha value is -5.25. The maximum atomic E-state index is 13.2. The van der Waals surface area contributed by atoms with E-state index in [1.807, 2.05) is 0 Å². The van der Waals surface area contributed by atoms with Gasteiger partial charge < -0.3 is 25.6 Å². The Bertz CT molecular complexity index is 2720. The first kappa shape index (κ1) is 54.7. The molecule has 0 spiro atoms. The van der Waals surface area contributed by atoms with Crippen LogP contribution in [-0.4, -0.2) is 92.2 Å². The first-order chi connectivity index (χ1) is 31.6. The lowest BCUT2D eigenvalue weighted by molar-refractivity contribution is -0.376. The lowest BCUT2D eigenvalue weighted by Crippen LogP contribution is -2.54. The Morgan fingerprint density at radius 2 is 0.971 bits per heavy atom. The van der Waals surface area contributed by atoms with Crippen molar-refractivity contribution in [1.29, 1.82) is 0 Å². The van der Waals surface area contributed by atoms with Crippen LogP contribution in [0.5, 0.6) is 5.75 Å². The number of methoxy groups -OCH3 is 1. The molecule has 2 saturated carbocycles. The molecule has 2 aromatic heterocycles. The summed E-state index contributed by atoms with van der Waals surface area (Å²) in [7, 11) is -6.27. The van der Waals surface area contributed by atoms with Gasteiger partial charge in [0.15, 0.2) is 29.7 Å². The molecule has 4 aromatic rings. The fourth-order valence-corrected chi connectivity index (χ4v) is 9.97. The molecule has 2 fully saturated rings. The van der Waals surface area contributed by atoms with Crippen LogP contribution in [0.2, 0.25) is 5.02 Å². The van der Waals surface area contributed by atoms with Crippen LogP contribution in [0.1, 0.15) is 47.9 Å². The number of alkyl halides is 12. The second-order valence-electron chi connectivity index (χ2n) is 15.9. The van der Waals surface area contributed by atoms with E-state index in [0.717, 1.165) is 44.9 Å². The van der Waals surface area contributed by atoms with Crippen molar-refractivity contribution in [3.8, 4) is 5.75 Å². The number of aromatic nitrogens is 2. The van der Waals surface area contributed by atoms with E-state index in [2.05, 4.69) is 25.3 Å². The number of nitrogens with one attached hydrogen (secondary N) is 2. The SMILES string of the molecule is COc1cc(NC(=O)Cc2ccc(S(=O)(=O)CC3CC3)nc2)ccc1C(O)(C(F)(F)F)C(F)(F)F.O=C(Cc1ccc(S(=O)(=O)CC2CC2)nc1)Nc1ccc(C(O)(C(F)(F)F)C(F)(F)F)c(Cl)c1. The highest BCUT2D eigenvalue weighted by Crippen LogP contribution is 2.54. The van der Waals surface area contributed by atoms with Crippen LogP contribution >= 0.6 is 11.6 Å². The number of ether oxygens (including phenoxy) is 1. The van der Waals surface area contributed by atoms with E-state index >= 15 is 0 Å². The van der Waals surface area contributed by atoms with Gasteiger partial charge in [0.1, 0.15) is 5.75 Å². The minimum atomic E-state index is -6.11. The topological polar surface area (TPSA) is 202 Å². The molecule has 2 aliphatic rings. The second kappa shape index (κ2) is 19.9. The molecule has 0 unspecified atom stereocenters. The summed E-state index contributed by atoms with van der Waals surface area (Å²) in [5, 5.41) is 22.3. The van der Waals surface area contributed by atoms with Crippen molar-refractivity contribution >= 4 is 54.5 Å². The standard InChI is InChI=1S/C21H20F6N2O5S.C20H17ClF6N2O4S/c1-34-16-9-14(5-6-15(16)19(31,20(22,23)24)21(25,26)27)29-17(30)8-13-4-7-18(28-10-13)35(32,33)11-12-2-3-12;21-15-8-13(4-5-14(15)18(31,19(22,23)24)20(25,26)27)29-16(30)7-12-3-6-17(28-9-12)34(32,33)10-11-1-2-11/h4-7,9-10,12,31H,2-3,8,11H2,1H3,(H,29,30);3-6,8-9,11,31H,1-2,7,10H2,(H,29,30). The molecule has 69 heavy (non-hydrogen) atoms. The first-order valence-corrected chi connectivity index (χ1v) is 23.5. The number of pyridine rings is 2. The van der Waals surface area contributed by atoms with Crippen molar-refractivity contribution in [1.82, 2.24) is 9.97 Å². The van der Waals surface area contributed by atoms with E-state index in [0.29, 0.717) is 35.4 Å². The molecule has 2 aromatic carbocycles. The zero-order valence-electron chi connectivity index (χ0n) is 35.1. The molecule has 0 aliphatic heterocycles. The molecule has 0 saturated heterocycles. The Kier molecular flexibility index (Phi) is 15.7. The quantitative estimate of drug-likeness (QED) is 0.0837. The molecule has 6 rings (SSSR count). The minimum absolute atomic E-state index is 0.00450. The van der Waals surface area contributed by atoms with E-state index in [1.54, 1.807) is 0 Å². The summed E-state index contributed by atoms with van der Waals surface area (Å²) in [6.45, 7) is 0. The van der Waals surface area contributed by atoms with Crippen LogP contribution in [0.15, 0.2) is 83.1 Å². The molecule has 0 bridgehead atoms. The second-order valence-corrected chi connectivity index (χ2v) is 20.3. The number of anilines is 2. The van der Waals surface area contributed by atoms with Gasteiger partial charge in [0.25, 0.3) is 11.2 Å². The van der Waals surface area contributed by atoms with Crippen molar-refractivity contribution in [3.63, 3.8) is 0 Å². The van der Waals surface area contributed by atoms with Gasteiger partial charge in [0.05, 0.1) is 31.5 Å². The van der Waals surface area contributed by atoms with Gasteiger partial charge in [-0.2, -0.15) is 52.7 Å². The largest absolute Gasteiger partial charge is 0.496 e. The summed E-state index contributed by atoms with van der Waals surface area (Å²) in [4.78, 5) is 32.3. The van der Waals surface area contributed by atoms with Gasteiger partial charge in [-0.05, 0) is 85.0 Å². The Balaban J connectivity index is 0.000000258. The van der Waals surface area contributed by atoms with E-state index < -0.39 is 89.3 Å². The number of hydrogen-bond donors (Lipinski definition) is 4. The normalized spacial score (nSPS) is 15.2. The number of carbonyl (C=O) groups is 2. The third-order valence-electron chi connectivity index (χ3n) is 10.4. The number of sulfone groups is 2. The van der Waals surface area contributed by atoms with Crippen molar-refractivity contribution in [3.05, 3.63) is 100 Å². The third kappa shape index (κ3) is 12.8. The van der Waals surface area contributed by atoms with Crippen LogP contribution in [0.25, 0.3) is 0 Å². The lowest BCUT2D eigenvalue weighted by Gasteiger charge is -2.33. The fraction of sp³-hybridized carbons (Fsp3) is 0.415. The average Bonchev–Trinajstić information content (AvgIpc) is 4.18. The molecule has 2 aliphatic carbocycles. The summed E-state index contributed by atoms with van der Waals surface area (Å²) in [6, 6.07) is 8.77. The first-order valence-electron chi connectivity index (χ1n) is 19.8. The molecule has 13 nitrogen and oxygen atoms in total. The monoisotopic (exact) mass is 1060 g/mol. The van der Waals surface area contributed by atoms with E-state index in [4.69, 9.17) is 11.6 Å². The van der Waals surface area contributed by atoms with Gasteiger partial charge in [-0.1, -0.05) is 29.8 Å². The highest BCUT2D eigenvalue weighted by molar-refractivity contribution is 7.91. The van der Waals surface area contributed by atoms with Crippen LogP contribution in [-0.2, 0) is 53.3 Å². The van der Waals surface area contributed by atoms with Crippen molar-refractivity contribution in [2.24, 2.45) is 11.8 Å². The molecule has 378 valence electrons. The van der Waals surface area contributed by atoms with Gasteiger partial charge >= 0.3 is 24.7 Å². The maximum Gasteiger partial charge on any atom is 0.430 e. The zero-order chi connectivity index (χ0) is 51.8. The summed E-state index contributed by atoms with van der Waals surface area (Å²) < 4.78 is 211. The highest BCUT2D eigenvalue weighted by atomic mass is 35.5. The molecular formula is C41H37ClF12N4O9S2. The number of halogens is 13. The molecule has 2 heterocycles. The number of aliphatic hydroxyl groups is 2. The van der Waals surface area contributed by atoms with Crippen LogP contribution in [0, 0.1) is 11.8 Å². The highest BCUT2D eigenvalue weighted by Gasteiger charge is 2.73. The fourth-order valence-electron chi connectivity index (χ4n) is 6.43. The van der Waals surface area contributed by atoms with Gasteiger partial charge in [-0.25, -0.2) is 26.8 Å². The van der Waals surface area contributed by atoms with Crippen molar-refractivity contribution in [2.45, 2.75) is 84.5 Å². The Labute approximate surface area is 389 Å². The van der Waals surface area contributed by atoms with Gasteiger partial charge in [0.2, 0.25) is 11.8 Å². The van der Waals surface area contributed by atoms with Crippen LogP contribution in [0.4, 0.5) is 64.1 Å². The Morgan fingerprint density at radius 1 is 0.609 bits per heavy atom. The number of hydrogen-bond acceptors (Lipinski definition) is 11. The summed E-state index contributed by atoms with van der Waals surface area (Å²) in [5.41, 5.74) is -13.4. The number of benzene rings is 2. The molecule has 2 amide bonds. The minimum Gasteiger partial charge on any atom is -0.496 e. The van der Waals surface area contributed by atoms with Gasteiger partial charge in [0, 0.05) is 46.0 Å². The van der Waals surface area contributed by atoms with Crippen LogP contribution < -0.4 is 15.4 Å². The maximum absolute atomic E-state index is 13.2. The van der Waals surface area contributed by atoms with Gasteiger partial charge in [-0.3, -0.25) is 9.59 Å². The average molecular weight is 1060 g/mol. The predicted octanol–water partition coefficient (Wildman–Crippen LogP) is 8.18. The number of rotatable bonds is 15. The molecule has 4 N–H and O–H groups in total. The lowest BCUT2D eigenvalue weighted by atomic mass is 9.91. The summed E-state index contributed by atoms with van der Waals surface area (Å²) in [6.07, 6.45) is -19.3. The van der Waals surface area contributed by atoms with E-state index in [9.17, 15) is 89.3 Å². The Morgan fingerprint density at radius 3 is 1.29 bits per heavy atom. The number of amides is 2.